The van der Waals surface area contributed by atoms with Gasteiger partial charge in [-0.3, -0.25) is 0 Å². The van der Waals surface area contributed by atoms with Crippen molar-refractivity contribution in [3.8, 4) is 6.07 Å². The monoisotopic (exact) mass is 196 g/mol. The van der Waals surface area contributed by atoms with Crippen LogP contribution in [0.1, 0.15) is 11.3 Å². The molecule has 5 heteroatoms. The second-order valence-electron chi connectivity index (χ2n) is 2.81. The first-order chi connectivity index (χ1) is 6.22. The van der Waals surface area contributed by atoms with Gasteiger partial charge in [-0.05, 0) is 7.05 Å². The van der Waals surface area contributed by atoms with Gasteiger partial charge in [-0.15, -0.1) is 11.3 Å². The van der Waals surface area contributed by atoms with Crippen molar-refractivity contribution in [3.05, 3.63) is 11.1 Å². The van der Waals surface area contributed by atoms with Gasteiger partial charge in [0.1, 0.15) is 0 Å². The normalized spacial score (nSPS) is 10.2. The van der Waals surface area contributed by atoms with Gasteiger partial charge in [0.25, 0.3) is 0 Å². The summed E-state index contributed by atoms with van der Waals surface area (Å²) in [6, 6.07) is 2.11. The van der Waals surface area contributed by atoms with E-state index < -0.39 is 0 Å². The number of anilines is 1. The van der Waals surface area contributed by atoms with Crippen LogP contribution >= 0.6 is 11.3 Å². The van der Waals surface area contributed by atoms with Gasteiger partial charge >= 0.3 is 0 Å². The van der Waals surface area contributed by atoms with E-state index in [0.29, 0.717) is 11.6 Å². The first kappa shape index (κ1) is 9.96. The van der Waals surface area contributed by atoms with Gasteiger partial charge in [0.2, 0.25) is 0 Å². The zero-order chi connectivity index (χ0) is 9.68. The smallest absolute Gasteiger partial charge is 0.180 e. The molecule has 0 aliphatic heterocycles. The third kappa shape index (κ3) is 3.40. The van der Waals surface area contributed by atoms with Crippen molar-refractivity contribution in [1.82, 2.24) is 9.88 Å². The topological polar surface area (TPSA) is 65.9 Å². The van der Waals surface area contributed by atoms with Gasteiger partial charge in [-0.25, -0.2) is 4.98 Å². The van der Waals surface area contributed by atoms with E-state index in [4.69, 9.17) is 11.0 Å². The molecule has 0 unspecified atom stereocenters. The molecule has 0 aliphatic carbocycles. The Morgan fingerprint density at radius 2 is 2.54 bits per heavy atom. The number of rotatable bonds is 4. The number of hydrogen-bond donors (Lipinski definition) is 1. The number of nitriles is 1. The molecule has 2 N–H and O–H groups in total. The maximum absolute atomic E-state index is 8.38. The van der Waals surface area contributed by atoms with Gasteiger partial charge in [-0.2, -0.15) is 5.26 Å². The van der Waals surface area contributed by atoms with E-state index in [1.807, 2.05) is 7.05 Å². The molecule has 13 heavy (non-hydrogen) atoms. The lowest BCUT2D eigenvalue weighted by Gasteiger charge is -2.12. The fourth-order valence-electron chi connectivity index (χ4n) is 0.982. The van der Waals surface area contributed by atoms with Crippen LogP contribution in [0.15, 0.2) is 6.20 Å². The van der Waals surface area contributed by atoms with Crippen LogP contribution < -0.4 is 5.73 Å². The SMILES string of the molecule is CN(CCC#N)Cc1cnc(N)s1. The fourth-order valence-corrected chi connectivity index (χ4v) is 1.75. The Kier molecular flexibility index (Phi) is 3.68. The van der Waals surface area contributed by atoms with E-state index in [2.05, 4.69) is 16.0 Å². The first-order valence-corrected chi connectivity index (χ1v) is 4.79. The van der Waals surface area contributed by atoms with E-state index >= 15 is 0 Å². The maximum atomic E-state index is 8.38. The molecule has 1 aromatic heterocycles. The second-order valence-corrected chi connectivity index (χ2v) is 3.96. The lowest BCUT2D eigenvalue weighted by molar-refractivity contribution is 0.338. The van der Waals surface area contributed by atoms with Crippen LogP contribution in [0.25, 0.3) is 0 Å². The summed E-state index contributed by atoms with van der Waals surface area (Å²) in [7, 11) is 1.98. The van der Waals surface area contributed by atoms with E-state index in [9.17, 15) is 0 Å². The van der Waals surface area contributed by atoms with Crippen molar-refractivity contribution in [1.29, 1.82) is 5.26 Å². The lowest BCUT2D eigenvalue weighted by Crippen LogP contribution is -2.17. The van der Waals surface area contributed by atoms with Crippen LogP contribution in [0.5, 0.6) is 0 Å². The Hall–Kier alpha value is -1.12. The fraction of sp³-hybridized carbons (Fsp3) is 0.500. The Morgan fingerprint density at radius 3 is 3.08 bits per heavy atom. The molecule has 1 aromatic rings. The minimum Gasteiger partial charge on any atom is -0.375 e. The van der Waals surface area contributed by atoms with Crippen molar-refractivity contribution in [3.63, 3.8) is 0 Å². The number of nitrogens with zero attached hydrogens (tertiary/aromatic N) is 3. The van der Waals surface area contributed by atoms with Crippen molar-refractivity contribution in [2.75, 3.05) is 19.3 Å². The zero-order valence-electron chi connectivity index (χ0n) is 7.53. The first-order valence-electron chi connectivity index (χ1n) is 3.98. The summed E-state index contributed by atoms with van der Waals surface area (Å²) in [6.45, 7) is 1.60. The van der Waals surface area contributed by atoms with Crippen molar-refractivity contribution >= 4 is 16.5 Å². The van der Waals surface area contributed by atoms with Gasteiger partial charge in [0.05, 0.1) is 6.07 Å². The van der Waals surface area contributed by atoms with Gasteiger partial charge in [0.15, 0.2) is 5.13 Å². The molecular weight excluding hydrogens is 184 g/mol. The molecular formula is C8H12N4S. The average Bonchev–Trinajstić information content (AvgIpc) is 2.48. The van der Waals surface area contributed by atoms with Crippen molar-refractivity contribution < 1.29 is 0 Å². The highest BCUT2D eigenvalue weighted by Gasteiger charge is 2.02. The quantitative estimate of drug-likeness (QED) is 0.782. The molecule has 0 radical (unpaired) electrons. The number of nitrogens with two attached hydrogens (primary N) is 1. The maximum Gasteiger partial charge on any atom is 0.180 e. The predicted octanol–water partition coefficient (Wildman–Crippen LogP) is 1.07. The third-order valence-corrected chi connectivity index (χ3v) is 2.41. The lowest BCUT2D eigenvalue weighted by atomic mass is 10.4. The largest absolute Gasteiger partial charge is 0.375 e. The van der Waals surface area contributed by atoms with Crippen LogP contribution in [0.3, 0.4) is 0 Å². The molecule has 70 valence electrons. The van der Waals surface area contributed by atoms with E-state index in [0.717, 1.165) is 18.0 Å². The molecule has 0 saturated heterocycles. The highest BCUT2D eigenvalue weighted by molar-refractivity contribution is 7.15. The molecule has 0 bridgehead atoms. The molecule has 1 heterocycles. The Balaban J connectivity index is 2.37. The summed E-state index contributed by atoms with van der Waals surface area (Å²) >= 11 is 1.49. The van der Waals surface area contributed by atoms with Crippen LogP contribution in [0.2, 0.25) is 0 Å². The minimum atomic E-state index is 0.560. The highest BCUT2D eigenvalue weighted by atomic mass is 32.1. The molecule has 0 spiro atoms. The summed E-state index contributed by atoms with van der Waals surface area (Å²) < 4.78 is 0. The third-order valence-electron chi connectivity index (χ3n) is 1.60. The Bertz CT molecular complexity index is 301. The second kappa shape index (κ2) is 4.80. The molecule has 0 aromatic carbocycles. The Labute approximate surface area is 81.6 Å². The number of hydrogen-bond acceptors (Lipinski definition) is 5. The summed E-state index contributed by atoms with van der Waals surface area (Å²) in [5, 5.41) is 8.98. The number of nitrogen functional groups attached to an aromatic ring is 1. The van der Waals surface area contributed by atoms with Crippen LogP contribution in [0.4, 0.5) is 5.13 Å². The molecule has 0 saturated carbocycles. The van der Waals surface area contributed by atoms with Crippen molar-refractivity contribution in [2.24, 2.45) is 0 Å². The highest BCUT2D eigenvalue weighted by Crippen LogP contribution is 2.15. The Morgan fingerprint density at radius 1 is 1.77 bits per heavy atom. The summed E-state index contributed by atoms with van der Waals surface area (Å²) in [6.07, 6.45) is 2.34. The zero-order valence-corrected chi connectivity index (χ0v) is 8.34. The molecule has 0 atom stereocenters. The predicted molar refractivity (Wildman–Crippen MR) is 53.1 cm³/mol. The van der Waals surface area contributed by atoms with Gasteiger partial charge in [0, 0.05) is 30.6 Å². The standard InChI is InChI=1S/C8H12N4S/c1-12(4-2-3-9)6-7-5-11-8(10)13-7/h5H,2,4,6H2,1H3,(H2,10,11). The minimum absolute atomic E-state index is 0.560. The molecule has 0 aliphatic rings. The van der Waals surface area contributed by atoms with Crippen LogP contribution in [0, 0.1) is 11.3 Å². The van der Waals surface area contributed by atoms with E-state index in [-0.39, 0.29) is 0 Å². The molecule has 0 amide bonds. The average molecular weight is 196 g/mol. The molecule has 0 fully saturated rings. The van der Waals surface area contributed by atoms with E-state index in [1.54, 1.807) is 6.20 Å². The number of thiazole rings is 1. The summed E-state index contributed by atoms with van der Waals surface area (Å²) in [5.41, 5.74) is 5.49. The van der Waals surface area contributed by atoms with Gasteiger partial charge in [-0.1, -0.05) is 0 Å². The van der Waals surface area contributed by atoms with E-state index in [1.165, 1.54) is 11.3 Å². The molecule has 4 nitrogen and oxygen atoms in total. The van der Waals surface area contributed by atoms with Crippen LogP contribution in [-0.4, -0.2) is 23.5 Å². The summed E-state index contributed by atoms with van der Waals surface area (Å²) in [5.74, 6) is 0. The van der Waals surface area contributed by atoms with Crippen molar-refractivity contribution in [2.45, 2.75) is 13.0 Å². The summed E-state index contributed by atoms with van der Waals surface area (Å²) in [4.78, 5) is 7.17. The van der Waals surface area contributed by atoms with Gasteiger partial charge < -0.3 is 10.6 Å². The molecule has 1 rings (SSSR count). The van der Waals surface area contributed by atoms with Crippen LogP contribution in [-0.2, 0) is 6.54 Å². The number of aromatic nitrogens is 1.